The van der Waals surface area contributed by atoms with Gasteiger partial charge >= 0.3 is 0 Å². The zero-order valence-electron chi connectivity index (χ0n) is 11.1. The molecule has 0 aliphatic heterocycles. The zero-order chi connectivity index (χ0) is 15.1. The molecule has 0 N–H and O–H groups in total. The fourth-order valence-electron chi connectivity index (χ4n) is 1.47. The minimum absolute atomic E-state index is 0.453. The Hall–Kier alpha value is -2.00. The number of carboxylic acids is 1. The van der Waals surface area contributed by atoms with E-state index in [4.69, 9.17) is 14.7 Å². The lowest BCUT2D eigenvalue weighted by Crippen LogP contribution is -2.23. The Morgan fingerprint density at radius 2 is 2.25 bits per heavy atom. The average Bonchev–Trinajstić information content (AvgIpc) is 2.42. The lowest BCUT2D eigenvalue weighted by Gasteiger charge is -2.13. The van der Waals surface area contributed by atoms with E-state index < -0.39 is 11.5 Å². The summed E-state index contributed by atoms with van der Waals surface area (Å²) in [6.45, 7) is 2.52. The van der Waals surface area contributed by atoms with E-state index in [1.807, 2.05) is 6.92 Å². The lowest BCUT2D eigenvalue weighted by atomic mass is 10.1. The van der Waals surface area contributed by atoms with Crippen LogP contribution >= 0.6 is 15.9 Å². The van der Waals surface area contributed by atoms with Crippen molar-refractivity contribution in [1.82, 2.24) is 0 Å². The summed E-state index contributed by atoms with van der Waals surface area (Å²) in [5, 5.41) is 19.4. The molecule has 0 saturated carbocycles. The molecule has 0 unspecified atom stereocenters. The van der Waals surface area contributed by atoms with Crippen molar-refractivity contribution in [3.63, 3.8) is 0 Å². The maximum Gasteiger partial charge on any atom is 0.175 e. The van der Waals surface area contributed by atoms with E-state index in [-0.39, 0.29) is 0 Å². The molecule has 0 aromatic heterocycles. The van der Waals surface area contributed by atoms with Crippen LogP contribution in [0.5, 0.6) is 11.5 Å². The number of halogens is 1. The number of ether oxygens (including phenoxy) is 2. The highest BCUT2D eigenvalue weighted by molar-refractivity contribution is 9.10. The number of hydrogen-bond acceptors (Lipinski definition) is 5. The van der Waals surface area contributed by atoms with E-state index in [0.29, 0.717) is 28.1 Å². The summed E-state index contributed by atoms with van der Waals surface area (Å²) >= 11 is 3.34. The molecule has 0 heterocycles. The number of carboxylic acid groups (broad SMARTS) is 1. The molecule has 0 bridgehead atoms. The second kappa shape index (κ2) is 7.56. The molecule has 0 amide bonds. The molecule has 20 heavy (non-hydrogen) atoms. The molecule has 0 aliphatic rings. The highest BCUT2D eigenvalue weighted by atomic mass is 79.9. The number of benzene rings is 1. The Morgan fingerprint density at radius 3 is 2.75 bits per heavy atom. The number of carbonyl (C=O) groups excluding carboxylic acids is 1. The second-order valence-electron chi connectivity index (χ2n) is 3.84. The average molecular weight is 339 g/mol. The third-order valence-corrected chi connectivity index (χ3v) is 2.94. The Morgan fingerprint density at radius 1 is 1.55 bits per heavy atom. The summed E-state index contributed by atoms with van der Waals surface area (Å²) in [5.41, 5.74) is 0.0412. The smallest absolute Gasteiger partial charge is 0.175 e. The second-order valence-corrected chi connectivity index (χ2v) is 4.69. The first-order valence-corrected chi connectivity index (χ1v) is 6.66. The van der Waals surface area contributed by atoms with Gasteiger partial charge in [-0.25, -0.2) is 0 Å². The zero-order valence-corrected chi connectivity index (χ0v) is 12.7. The van der Waals surface area contributed by atoms with Crippen molar-refractivity contribution in [1.29, 1.82) is 5.26 Å². The van der Waals surface area contributed by atoms with E-state index in [9.17, 15) is 9.90 Å². The van der Waals surface area contributed by atoms with Gasteiger partial charge in [0.1, 0.15) is 6.07 Å². The largest absolute Gasteiger partial charge is 0.544 e. The van der Waals surface area contributed by atoms with Crippen LogP contribution in [0.2, 0.25) is 0 Å². The molecule has 0 saturated heterocycles. The maximum absolute atomic E-state index is 10.7. The van der Waals surface area contributed by atoms with Crippen LogP contribution in [-0.4, -0.2) is 19.7 Å². The molecular formula is C14H13BrNO4-. The summed E-state index contributed by atoms with van der Waals surface area (Å²) in [6.07, 6.45) is 2.06. The standard InChI is InChI=1S/C14H14BrNO4/c1-3-4-20-13-11(15)6-9(7-12(13)19-2)5-10(8-16)14(17)18/h5-7H,3-4H2,1-2H3,(H,17,18)/p-1/b10-5+. The van der Waals surface area contributed by atoms with Crippen molar-refractivity contribution < 1.29 is 19.4 Å². The Bertz CT molecular complexity index is 575. The summed E-state index contributed by atoms with van der Waals surface area (Å²) in [4.78, 5) is 10.7. The van der Waals surface area contributed by atoms with E-state index in [2.05, 4.69) is 15.9 Å². The predicted molar refractivity (Wildman–Crippen MR) is 75.1 cm³/mol. The molecular weight excluding hydrogens is 326 g/mol. The molecule has 5 nitrogen and oxygen atoms in total. The molecule has 106 valence electrons. The van der Waals surface area contributed by atoms with Gasteiger partial charge in [-0.15, -0.1) is 0 Å². The van der Waals surface area contributed by atoms with Gasteiger partial charge in [-0.05, 0) is 46.1 Å². The number of nitriles is 1. The van der Waals surface area contributed by atoms with E-state index in [1.54, 1.807) is 18.2 Å². The molecule has 1 aromatic carbocycles. The molecule has 0 spiro atoms. The minimum Gasteiger partial charge on any atom is -0.544 e. The van der Waals surface area contributed by atoms with Crippen molar-refractivity contribution in [2.45, 2.75) is 13.3 Å². The summed E-state index contributed by atoms with van der Waals surface area (Å²) in [6, 6.07) is 4.81. The molecule has 0 fully saturated rings. The van der Waals surface area contributed by atoms with Gasteiger partial charge < -0.3 is 19.4 Å². The van der Waals surface area contributed by atoms with Crippen molar-refractivity contribution in [2.75, 3.05) is 13.7 Å². The van der Waals surface area contributed by atoms with Gasteiger partial charge in [0.05, 0.1) is 29.7 Å². The van der Waals surface area contributed by atoms with Crippen LogP contribution in [0, 0.1) is 11.3 Å². The van der Waals surface area contributed by atoms with Gasteiger partial charge in [0.2, 0.25) is 0 Å². The summed E-state index contributed by atoms with van der Waals surface area (Å²) < 4.78 is 11.4. The van der Waals surface area contributed by atoms with Crippen molar-refractivity contribution >= 4 is 28.0 Å². The van der Waals surface area contributed by atoms with Crippen LogP contribution in [-0.2, 0) is 4.79 Å². The van der Waals surface area contributed by atoms with Gasteiger partial charge in [-0.2, -0.15) is 5.26 Å². The third-order valence-electron chi connectivity index (χ3n) is 2.35. The highest BCUT2D eigenvalue weighted by Gasteiger charge is 2.11. The normalized spacial score (nSPS) is 10.8. The Labute approximate surface area is 125 Å². The molecule has 1 aromatic rings. The quantitative estimate of drug-likeness (QED) is 0.584. The van der Waals surface area contributed by atoms with Crippen LogP contribution in [0.1, 0.15) is 18.9 Å². The monoisotopic (exact) mass is 338 g/mol. The predicted octanol–water partition coefficient (Wildman–Crippen LogP) is 1.90. The minimum atomic E-state index is -1.52. The number of hydrogen-bond donors (Lipinski definition) is 0. The third kappa shape index (κ3) is 4.00. The van der Waals surface area contributed by atoms with Gasteiger partial charge in [0, 0.05) is 0 Å². The van der Waals surface area contributed by atoms with Crippen molar-refractivity contribution in [3.8, 4) is 17.6 Å². The Balaban J connectivity index is 3.23. The van der Waals surface area contributed by atoms with Crippen molar-refractivity contribution in [3.05, 3.63) is 27.7 Å². The fraction of sp³-hybridized carbons (Fsp3) is 0.286. The van der Waals surface area contributed by atoms with Gasteiger partial charge in [0.15, 0.2) is 11.5 Å². The SMILES string of the molecule is CCCOc1c(Br)cc(/C=C(\C#N)C(=O)[O-])cc1OC. The van der Waals surface area contributed by atoms with Gasteiger partial charge in [-0.3, -0.25) is 0 Å². The number of methoxy groups -OCH3 is 1. The number of nitrogens with zero attached hydrogens (tertiary/aromatic N) is 1. The fourth-order valence-corrected chi connectivity index (χ4v) is 2.05. The first kappa shape index (κ1) is 16.1. The molecule has 6 heteroatoms. The highest BCUT2D eigenvalue weighted by Crippen LogP contribution is 2.37. The summed E-state index contributed by atoms with van der Waals surface area (Å²) in [5.74, 6) is -0.526. The maximum atomic E-state index is 10.7. The molecule has 1 rings (SSSR count). The van der Waals surface area contributed by atoms with Gasteiger partial charge in [-0.1, -0.05) is 6.92 Å². The topological polar surface area (TPSA) is 82.4 Å². The van der Waals surface area contributed by atoms with E-state index in [0.717, 1.165) is 6.42 Å². The number of rotatable bonds is 6. The molecule has 0 radical (unpaired) electrons. The number of carbonyl (C=O) groups is 1. The molecule has 0 atom stereocenters. The first-order valence-electron chi connectivity index (χ1n) is 5.87. The van der Waals surface area contributed by atoms with Crippen molar-refractivity contribution in [2.24, 2.45) is 0 Å². The van der Waals surface area contributed by atoms with Gasteiger partial charge in [0.25, 0.3) is 0 Å². The molecule has 0 aliphatic carbocycles. The van der Waals surface area contributed by atoms with Crippen LogP contribution < -0.4 is 14.6 Å². The summed E-state index contributed by atoms with van der Waals surface area (Å²) in [7, 11) is 1.48. The van der Waals surface area contributed by atoms with Crippen LogP contribution in [0.3, 0.4) is 0 Å². The van der Waals surface area contributed by atoms with Crippen LogP contribution in [0.4, 0.5) is 0 Å². The Kier molecular flexibility index (Phi) is 6.07. The number of aliphatic carboxylic acids is 1. The van der Waals surface area contributed by atoms with Crippen LogP contribution in [0.15, 0.2) is 22.2 Å². The van der Waals surface area contributed by atoms with Crippen LogP contribution in [0.25, 0.3) is 6.08 Å². The first-order chi connectivity index (χ1) is 9.53. The van der Waals surface area contributed by atoms with E-state index in [1.165, 1.54) is 13.2 Å². The van der Waals surface area contributed by atoms with E-state index >= 15 is 0 Å². The lowest BCUT2D eigenvalue weighted by molar-refractivity contribution is -0.298.